The molecule has 4 heteroatoms. The van der Waals surface area contributed by atoms with Crippen molar-refractivity contribution in [2.45, 2.75) is 37.5 Å². The molecule has 1 saturated carbocycles. The molecule has 2 nitrogen and oxygen atoms in total. The van der Waals surface area contributed by atoms with Gasteiger partial charge in [-0.1, -0.05) is 31.5 Å². The molecule has 0 bridgehead atoms. The second kappa shape index (κ2) is 7.00. The van der Waals surface area contributed by atoms with E-state index in [2.05, 4.69) is 17.6 Å². The Balaban J connectivity index is 1.84. The Morgan fingerprint density at radius 2 is 2.11 bits per heavy atom. The van der Waals surface area contributed by atoms with E-state index in [9.17, 15) is 0 Å². The normalized spacial score (nSPS) is 22.7. The third-order valence-corrected chi connectivity index (χ3v) is 4.73. The molecule has 0 aliphatic heterocycles. The van der Waals surface area contributed by atoms with Crippen molar-refractivity contribution in [3.8, 4) is 0 Å². The second-order valence-electron chi connectivity index (χ2n) is 4.50. The summed E-state index contributed by atoms with van der Waals surface area (Å²) in [6.07, 6.45) is 3.85. The third-order valence-electron chi connectivity index (χ3n) is 3.18. The van der Waals surface area contributed by atoms with Gasteiger partial charge in [0.05, 0.1) is 0 Å². The average molecular weight is 280 g/mol. The summed E-state index contributed by atoms with van der Waals surface area (Å²) in [4.78, 5) is 0. The van der Waals surface area contributed by atoms with Gasteiger partial charge < -0.3 is 10.6 Å². The first-order valence-electron chi connectivity index (χ1n) is 6.53. The van der Waals surface area contributed by atoms with Crippen molar-refractivity contribution in [2.24, 2.45) is 0 Å². The number of benzene rings is 1. The predicted molar refractivity (Wildman–Crippen MR) is 85.4 cm³/mol. The summed E-state index contributed by atoms with van der Waals surface area (Å²) in [7, 11) is 0. The highest BCUT2D eigenvalue weighted by atomic mass is 32.2. The van der Waals surface area contributed by atoms with Crippen LogP contribution in [-0.4, -0.2) is 22.2 Å². The number of thiocarbonyl (C=S) groups is 1. The van der Waals surface area contributed by atoms with Crippen LogP contribution in [0.5, 0.6) is 0 Å². The van der Waals surface area contributed by atoms with Crippen molar-refractivity contribution >= 4 is 34.8 Å². The summed E-state index contributed by atoms with van der Waals surface area (Å²) < 4.78 is 0. The highest BCUT2D eigenvalue weighted by Gasteiger charge is 2.27. The van der Waals surface area contributed by atoms with E-state index in [1.54, 1.807) is 0 Å². The van der Waals surface area contributed by atoms with E-state index in [1.807, 2.05) is 42.1 Å². The highest BCUT2D eigenvalue weighted by molar-refractivity contribution is 7.99. The zero-order chi connectivity index (χ0) is 12.8. The minimum atomic E-state index is 0.527. The summed E-state index contributed by atoms with van der Waals surface area (Å²) in [5.41, 5.74) is 1.05. The van der Waals surface area contributed by atoms with Crippen LogP contribution in [0.25, 0.3) is 0 Å². The van der Waals surface area contributed by atoms with Crippen molar-refractivity contribution < 1.29 is 0 Å². The summed E-state index contributed by atoms with van der Waals surface area (Å²) in [6.45, 7) is 2.22. The van der Waals surface area contributed by atoms with Crippen LogP contribution >= 0.6 is 24.0 Å². The van der Waals surface area contributed by atoms with Crippen molar-refractivity contribution in [3.05, 3.63) is 30.3 Å². The zero-order valence-corrected chi connectivity index (χ0v) is 12.3. The Morgan fingerprint density at radius 1 is 1.33 bits per heavy atom. The first-order valence-corrected chi connectivity index (χ1v) is 7.99. The quantitative estimate of drug-likeness (QED) is 0.822. The van der Waals surface area contributed by atoms with E-state index in [-0.39, 0.29) is 0 Å². The smallest absolute Gasteiger partial charge is 0.171 e. The molecule has 1 aliphatic carbocycles. The van der Waals surface area contributed by atoms with Gasteiger partial charge >= 0.3 is 0 Å². The first kappa shape index (κ1) is 13.7. The molecule has 0 amide bonds. The zero-order valence-electron chi connectivity index (χ0n) is 10.7. The number of hydrogen-bond donors (Lipinski definition) is 2. The molecular formula is C14H20N2S2. The van der Waals surface area contributed by atoms with Gasteiger partial charge in [0.2, 0.25) is 0 Å². The maximum absolute atomic E-state index is 5.38. The van der Waals surface area contributed by atoms with Gasteiger partial charge in [-0.3, -0.25) is 0 Å². The fourth-order valence-electron chi connectivity index (χ4n) is 2.36. The lowest BCUT2D eigenvalue weighted by atomic mass is 10.2. The van der Waals surface area contributed by atoms with Gasteiger partial charge in [-0.15, -0.1) is 0 Å². The monoisotopic (exact) mass is 280 g/mol. The van der Waals surface area contributed by atoms with Crippen molar-refractivity contribution in [1.82, 2.24) is 5.32 Å². The molecule has 0 radical (unpaired) electrons. The molecule has 1 aromatic rings. The van der Waals surface area contributed by atoms with Crippen LogP contribution in [0.15, 0.2) is 30.3 Å². The van der Waals surface area contributed by atoms with Crippen molar-refractivity contribution in [2.75, 3.05) is 11.1 Å². The molecule has 1 aliphatic rings. The lowest BCUT2D eigenvalue weighted by molar-refractivity contribution is 0.645. The van der Waals surface area contributed by atoms with Crippen molar-refractivity contribution in [3.63, 3.8) is 0 Å². The second-order valence-corrected chi connectivity index (χ2v) is 6.42. The van der Waals surface area contributed by atoms with E-state index in [4.69, 9.17) is 12.2 Å². The number of nitrogens with one attached hydrogen (secondary N) is 2. The van der Waals surface area contributed by atoms with E-state index in [0.29, 0.717) is 11.3 Å². The number of rotatable bonds is 4. The van der Waals surface area contributed by atoms with Crippen LogP contribution < -0.4 is 10.6 Å². The summed E-state index contributed by atoms with van der Waals surface area (Å²) in [5, 5.41) is 8.16. The fraction of sp³-hybridized carbons (Fsp3) is 0.500. The maximum Gasteiger partial charge on any atom is 0.171 e. The Bertz CT molecular complexity index is 381. The van der Waals surface area contributed by atoms with Gasteiger partial charge in [-0.25, -0.2) is 0 Å². The molecule has 1 fully saturated rings. The minimum Gasteiger partial charge on any atom is -0.359 e. The van der Waals surface area contributed by atoms with Crippen LogP contribution in [0.3, 0.4) is 0 Å². The molecule has 1 aromatic carbocycles. The predicted octanol–water partition coefficient (Wildman–Crippen LogP) is 3.65. The molecule has 2 unspecified atom stereocenters. The Hall–Kier alpha value is -0.740. The molecule has 0 spiro atoms. The third kappa shape index (κ3) is 3.89. The molecule has 18 heavy (non-hydrogen) atoms. The van der Waals surface area contributed by atoms with Gasteiger partial charge in [-0.05, 0) is 42.9 Å². The van der Waals surface area contributed by atoms with Gasteiger partial charge in [-0.2, -0.15) is 11.8 Å². The number of anilines is 1. The highest BCUT2D eigenvalue weighted by Crippen LogP contribution is 2.29. The standard InChI is InChI=1S/C14H20N2S2/c1-2-18-13-10-6-9-12(13)16-14(17)15-11-7-4-3-5-8-11/h3-5,7-8,12-13H,2,6,9-10H2,1H3,(H2,15,16,17). The van der Waals surface area contributed by atoms with Crippen LogP contribution in [-0.2, 0) is 0 Å². The van der Waals surface area contributed by atoms with Crippen LogP contribution in [0.4, 0.5) is 5.69 Å². The average Bonchev–Trinajstić information content (AvgIpc) is 2.78. The molecule has 2 atom stereocenters. The molecule has 0 heterocycles. The topological polar surface area (TPSA) is 24.1 Å². The van der Waals surface area contributed by atoms with Gasteiger partial charge in [0, 0.05) is 17.0 Å². The SMILES string of the molecule is CCSC1CCCC1NC(=S)Nc1ccccc1. The molecular weight excluding hydrogens is 260 g/mol. The van der Waals surface area contributed by atoms with Gasteiger partial charge in [0.25, 0.3) is 0 Å². The molecule has 2 rings (SSSR count). The Labute approximate surface area is 119 Å². The molecule has 0 saturated heterocycles. The first-order chi connectivity index (χ1) is 8.79. The van der Waals surface area contributed by atoms with E-state index in [1.165, 1.54) is 25.0 Å². The fourth-order valence-corrected chi connectivity index (χ4v) is 3.83. The number of thioether (sulfide) groups is 1. The van der Waals surface area contributed by atoms with E-state index >= 15 is 0 Å². The van der Waals surface area contributed by atoms with Crippen LogP contribution in [0.2, 0.25) is 0 Å². The largest absolute Gasteiger partial charge is 0.359 e. The van der Waals surface area contributed by atoms with Gasteiger partial charge in [0.1, 0.15) is 0 Å². The van der Waals surface area contributed by atoms with E-state index < -0.39 is 0 Å². The summed E-state index contributed by atoms with van der Waals surface area (Å²) in [6, 6.07) is 10.6. The summed E-state index contributed by atoms with van der Waals surface area (Å²) >= 11 is 7.42. The molecule has 2 N–H and O–H groups in total. The summed E-state index contributed by atoms with van der Waals surface area (Å²) in [5.74, 6) is 1.18. The Morgan fingerprint density at radius 3 is 2.83 bits per heavy atom. The minimum absolute atomic E-state index is 0.527. The number of hydrogen-bond acceptors (Lipinski definition) is 2. The molecule has 0 aromatic heterocycles. The lowest BCUT2D eigenvalue weighted by Crippen LogP contribution is -2.41. The maximum atomic E-state index is 5.38. The Kier molecular flexibility index (Phi) is 5.32. The van der Waals surface area contributed by atoms with Crippen LogP contribution in [0.1, 0.15) is 26.2 Å². The van der Waals surface area contributed by atoms with Crippen LogP contribution in [0, 0.1) is 0 Å². The lowest BCUT2D eigenvalue weighted by Gasteiger charge is -2.22. The molecule has 98 valence electrons. The van der Waals surface area contributed by atoms with Crippen molar-refractivity contribution in [1.29, 1.82) is 0 Å². The number of para-hydroxylation sites is 1. The van der Waals surface area contributed by atoms with Gasteiger partial charge in [0.15, 0.2) is 5.11 Å². The van der Waals surface area contributed by atoms with E-state index in [0.717, 1.165) is 10.8 Å².